The van der Waals surface area contributed by atoms with Crippen molar-refractivity contribution < 1.29 is 67.0 Å². The Morgan fingerprint density at radius 1 is 1.14 bits per heavy atom. The Labute approximate surface area is 138 Å². The first kappa shape index (κ1) is 36.2. The Balaban J connectivity index is -0.0000000250. The molecule has 0 radical (unpaired) electrons. The molecular formula is C11H21OU2-. The molecule has 0 amide bonds. The third-order valence-electron chi connectivity index (χ3n) is 0.640. The van der Waals surface area contributed by atoms with Crippen LogP contribution in [-0.4, -0.2) is 6.79 Å². The van der Waals surface area contributed by atoms with Gasteiger partial charge in [-0.15, -0.1) is 5.92 Å². The van der Waals surface area contributed by atoms with Gasteiger partial charge in [-0.2, -0.15) is 0 Å². The molecule has 0 aliphatic rings. The summed E-state index contributed by atoms with van der Waals surface area (Å²) in [4.78, 5) is 7.75. The first-order valence-corrected chi connectivity index (χ1v) is 3.30. The van der Waals surface area contributed by atoms with Gasteiger partial charge in [0, 0.05) is 42.9 Å². The van der Waals surface area contributed by atoms with E-state index in [-0.39, 0.29) is 82.5 Å². The van der Waals surface area contributed by atoms with E-state index in [1.807, 2.05) is 0 Å². The number of hydrogen-bond acceptors (Lipinski definition) is 1. The maximum Gasteiger partial charge on any atom is 2.00 e. The Hall–Kier alpha value is 1.33. The molecule has 0 aliphatic heterocycles. The Bertz CT molecular complexity index is 128. The largest absolute Gasteiger partial charge is 2.00 e. The summed E-state index contributed by atoms with van der Waals surface area (Å²) in [6.07, 6.45) is 0.970. The molecule has 0 atom stereocenters. The molecule has 0 aromatic rings. The van der Waals surface area contributed by atoms with E-state index in [2.05, 4.69) is 46.3 Å². The molecule has 0 unspecified atom stereocenters. The van der Waals surface area contributed by atoms with Crippen molar-refractivity contribution in [2.45, 2.75) is 34.1 Å². The standard InChI is InChI=1S/C8H14.CHO.2CH3.2U/c1-5-6-7-8(2,3)4;1-2;;;;/h5H2,1-4H3;1H;2*1H3;;/q;3*-1;;+2. The van der Waals surface area contributed by atoms with Crippen LogP contribution in [0.15, 0.2) is 0 Å². The minimum atomic E-state index is 0. The van der Waals surface area contributed by atoms with Crippen LogP contribution >= 0.6 is 0 Å². The van der Waals surface area contributed by atoms with E-state index < -0.39 is 0 Å². The Morgan fingerprint density at radius 2 is 1.43 bits per heavy atom. The van der Waals surface area contributed by atoms with Gasteiger partial charge in [-0.1, -0.05) is 12.8 Å². The van der Waals surface area contributed by atoms with Crippen molar-refractivity contribution in [2.24, 2.45) is 5.41 Å². The minimum Gasteiger partial charge on any atom is -0.545 e. The summed E-state index contributed by atoms with van der Waals surface area (Å²) in [6.45, 7) is 11.7. The minimum absolute atomic E-state index is 0. The van der Waals surface area contributed by atoms with Crippen LogP contribution in [-0.2, 0) is 4.79 Å². The predicted octanol–water partition coefficient (Wildman–Crippen LogP) is 3.07. The van der Waals surface area contributed by atoms with Gasteiger partial charge in [0.05, 0.1) is 0 Å². The molecule has 14 heavy (non-hydrogen) atoms. The molecule has 3 heteroatoms. The first-order valence-electron chi connectivity index (χ1n) is 3.30. The van der Waals surface area contributed by atoms with E-state index in [1.54, 1.807) is 0 Å². The molecule has 0 spiro atoms. The van der Waals surface area contributed by atoms with Crippen molar-refractivity contribution >= 4 is 6.79 Å². The van der Waals surface area contributed by atoms with Crippen LogP contribution < -0.4 is 0 Å². The van der Waals surface area contributed by atoms with E-state index in [4.69, 9.17) is 4.79 Å². The van der Waals surface area contributed by atoms with Crippen LogP contribution in [0.3, 0.4) is 0 Å². The summed E-state index contributed by atoms with van der Waals surface area (Å²) in [6, 6.07) is 0. The van der Waals surface area contributed by atoms with Crippen LogP contribution in [0.4, 0.5) is 0 Å². The summed E-state index contributed by atoms with van der Waals surface area (Å²) in [5, 5.41) is 0. The second-order valence-electron chi connectivity index (χ2n) is 2.91. The van der Waals surface area contributed by atoms with E-state index in [0.29, 0.717) is 0 Å². The third kappa shape index (κ3) is 50.6. The fourth-order valence-corrected chi connectivity index (χ4v) is 0.354. The van der Waals surface area contributed by atoms with Crippen molar-refractivity contribution in [3.8, 4) is 11.8 Å². The second kappa shape index (κ2) is 23.9. The van der Waals surface area contributed by atoms with E-state index in [1.165, 1.54) is 0 Å². The van der Waals surface area contributed by atoms with Crippen molar-refractivity contribution in [1.29, 1.82) is 0 Å². The number of hydrogen-bond donors (Lipinski definition) is 0. The van der Waals surface area contributed by atoms with Gasteiger partial charge in [0.2, 0.25) is 0 Å². The molecule has 80 valence electrons. The molecule has 0 rings (SSSR count). The second-order valence-corrected chi connectivity index (χ2v) is 2.91. The van der Waals surface area contributed by atoms with E-state index in [9.17, 15) is 0 Å². The fourth-order valence-electron chi connectivity index (χ4n) is 0.354. The van der Waals surface area contributed by atoms with Crippen LogP contribution in [0.2, 0.25) is 0 Å². The van der Waals surface area contributed by atoms with Crippen LogP contribution in [0.25, 0.3) is 0 Å². The van der Waals surface area contributed by atoms with Crippen LogP contribution in [0, 0.1) is 94.3 Å². The van der Waals surface area contributed by atoms with E-state index in [0.717, 1.165) is 6.42 Å². The molecule has 0 N–H and O–H groups in total. The molecule has 0 saturated carbocycles. The topological polar surface area (TPSA) is 17.1 Å². The van der Waals surface area contributed by atoms with Crippen molar-refractivity contribution in [1.82, 2.24) is 0 Å². The van der Waals surface area contributed by atoms with Gasteiger partial charge >= 0.3 is 31.1 Å². The summed E-state index contributed by atoms with van der Waals surface area (Å²) in [7, 11) is 0. The quantitative estimate of drug-likeness (QED) is 0.225. The van der Waals surface area contributed by atoms with Crippen molar-refractivity contribution in [3.63, 3.8) is 0 Å². The van der Waals surface area contributed by atoms with E-state index >= 15 is 0 Å². The average Bonchev–Trinajstić information content (AvgIpc) is 1.87. The van der Waals surface area contributed by atoms with Crippen LogP contribution in [0.1, 0.15) is 34.1 Å². The molecule has 0 fully saturated rings. The Kier molecular flexibility index (Phi) is 61.6. The zero-order valence-corrected chi connectivity index (χ0v) is 18.5. The average molecular weight is 645 g/mol. The van der Waals surface area contributed by atoms with Gasteiger partial charge in [-0.3, -0.25) is 6.79 Å². The molecule has 0 aromatic carbocycles. The molecular weight excluding hydrogens is 624 g/mol. The first-order chi connectivity index (χ1) is 4.56. The fraction of sp³-hybridized carbons (Fsp3) is 0.545. The van der Waals surface area contributed by atoms with Crippen LogP contribution in [0.5, 0.6) is 0 Å². The molecule has 0 aromatic heterocycles. The summed E-state index contributed by atoms with van der Waals surface area (Å²) >= 11 is 0. The zero-order valence-electron chi connectivity index (χ0n) is 10.2. The maximum absolute atomic E-state index is 7.75. The zero-order chi connectivity index (χ0) is 8.62. The number of rotatable bonds is 0. The van der Waals surface area contributed by atoms with Gasteiger partial charge in [0.25, 0.3) is 0 Å². The monoisotopic (exact) mass is 645 g/mol. The summed E-state index contributed by atoms with van der Waals surface area (Å²) < 4.78 is 0. The molecule has 0 aliphatic carbocycles. The van der Waals surface area contributed by atoms with Gasteiger partial charge in [-0.25, -0.2) is 0 Å². The smallest absolute Gasteiger partial charge is 0.545 e. The van der Waals surface area contributed by atoms with Crippen molar-refractivity contribution in [3.05, 3.63) is 14.9 Å². The maximum atomic E-state index is 7.75. The predicted molar refractivity (Wildman–Crippen MR) is 57.1 cm³/mol. The SMILES string of the molecule is CCC#CC(C)(C)C.[CH-]=O.[CH3-].[CH3-].[U+2].[U]. The normalized spacial score (nSPS) is 6.00. The number of carbonyl (C=O) groups excluding carboxylic acids is 1. The summed E-state index contributed by atoms with van der Waals surface area (Å²) in [5.74, 6) is 6.16. The van der Waals surface area contributed by atoms with Gasteiger partial charge in [0.1, 0.15) is 0 Å². The molecule has 0 heterocycles. The molecule has 0 bridgehead atoms. The van der Waals surface area contributed by atoms with Crippen molar-refractivity contribution in [2.75, 3.05) is 0 Å². The summed E-state index contributed by atoms with van der Waals surface area (Å²) in [5.41, 5.74) is 0.190. The molecule has 0 saturated heterocycles. The van der Waals surface area contributed by atoms with Gasteiger partial charge in [0.15, 0.2) is 0 Å². The third-order valence-corrected chi connectivity index (χ3v) is 0.640. The Morgan fingerprint density at radius 3 is 1.50 bits per heavy atom. The van der Waals surface area contributed by atoms with Gasteiger partial charge < -0.3 is 19.6 Å². The van der Waals surface area contributed by atoms with Gasteiger partial charge in [-0.05, 0) is 20.8 Å². The molecule has 1 nitrogen and oxygen atoms in total.